The number of benzene rings is 2. The fourth-order valence-electron chi connectivity index (χ4n) is 3.07. The zero-order chi connectivity index (χ0) is 21.0. The molecule has 0 atom stereocenters. The zero-order valence-corrected chi connectivity index (χ0v) is 17.1. The number of nitrogens with zero attached hydrogens (tertiary/aromatic N) is 1. The van der Waals surface area contributed by atoms with Gasteiger partial charge in [-0.15, -0.1) is 0 Å². The number of fused-ring (bicyclic) bond motifs is 1. The number of hydrogen-bond acceptors (Lipinski definition) is 3. The van der Waals surface area contributed by atoms with Crippen LogP contribution in [0.4, 0.5) is 11.4 Å². The lowest BCUT2D eigenvalue weighted by Crippen LogP contribution is -2.39. The second kappa shape index (κ2) is 8.78. The normalized spacial score (nSPS) is 13.4. The summed E-state index contributed by atoms with van der Waals surface area (Å²) < 4.78 is 5.49. The van der Waals surface area contributed by atoms with Gasteiger partial charge in [0.1, 0.15) is 5.75 Å². The molecule has 0 aliphatic carbocycles. The van der Waals surface area contributed by atoms with Gasteiger partial charge in [-0.2, -0.15) is 0 Å². The first-order valence-electron chi connectivity index (χ1n) is 9.64. The van der Waals surface area contributed by atoms with Crippen LogP contribution in [0.25, 0.3) is 6.08 Å². The van der Waals surface area contributed by atoms with Gasteiger partial charge in [0.15, 0.2) is 6.61 Å². The van der Waals surface area contributed by atoms with E-state index >= 15 is 0 Å². The molecule has 5 heteroatoms. The van der Waals surface area contributed by atoms with Crippen molar-refractivity contribution < 1.29 is 14.3 Å². The van der Waals surface area contributed by atoms with Crippen LogP contribution < -0.4 is 15.0 Å². The molecule has 0 spiro atoms. The van der Waals surface area contributed by atoms with Gasteiger partial charge in [0.2, 0.25) is 5.91 Å². The number of nitrogens with one attached hydrogen (secondary N) is 1. The molecular formula is C24H26N2O3. The van der Waals surface area contributed by atoms with Gasteiger partial charge in [-0.1, -0.05) is 50.3 Å². The van der Waals surface area contributed by atoms with Crippen molar-refractivity contribution in [2.75, 3.05) is 23.4 Å². The van der Waals surface area contributed by atoms with Crippen LogP contribution in [0.3, 0.4) is 0 Å². The molecule has 150 valence electrons. The van der Waals surface area contributed by atoms with Crippen LogP contribution in [0.2, 0.25) is 0 Å². The van der Waals surface area contributed by atoms with E-state index < -0.39 is 0 Å². The number of carbonyl (C=O) groups is 2. The standard InChI is InChI=1S/C24H26N2O3/c1-16(2)14-26-21-13-20(10-11-22(21)29-15-24(26)28)25-23(27)12-7-18-5-8-19(9-6-18)17(3)4/h5-13,17H,1,14-15H2,2-4H3,(H,25,27)/b12-7+. The van der Waals surface area contributed by atoms with Gasteiger partial charge in [-0.25, -0.2) is 0 Å². The van der Waals surface area contributed by atoms with Crippen molar-refractivity contribution >= 4 is 29.3 Å². The lowest BCUT2D eigenvalue weighted by molar-refractivity contribution is -0.121. The minimum atomic E-state index is -0.243. The SMILES string of the molecule is C=C(C)CN1C(=O)COc2ccc(NC(=O)/C=C/c3ccc(C(C)C)cc3)cc21. The van der Waals surface area contributed by atoms with Crippen LogP contribution in [-0.2, 0) is 9.59 Å². The smallest absolute Gasteiger partial charge is 0.265 e. The highest BCUT2D eigenvalue weighted by Crippen LogP contribution is 2.35. The molecule has 1 heterocycles. The maximum absolute atomic E-state index is 12.3. The number of anilines is 2. The first-order valence-corrected chi connectivity index (χ1v) is 9.64. The Labute approximate surface area is 171 Å². The zero-order valence-electron chi connectivity index (χ0n) is 17.1. The second-order valence-corrected chi connectivity index (χ2v) is 7.55. The first kappa shape index (κ1) is 20.4. The van der Waals surface area contributed by atoms with E-state index in [2.05, 4.69) is 37.9 Å². The highest BCUT2D eigenvalue weighted by Gasteiger charge is 2.25. The summed E-state index contributed by atoms with van der Waals surface area (Å²) in [6.45, 7) is 10.5. The Balaban J connectivity index is 1.71. The van der Waals surface area contributed by atoms with Gasteiger partial charge in [0.05, 0.1) is 5.69 Å². The molecule has 2 aromatic rings. The lowest BCUT2D eigenvalue weighted by Gasteiger charge is -2.30. The molecule has 3 rings (SSSR count). The molecule has 1 aliphatic rings. The van der Waals surface area contributed by atoms with Gasteiger partial charge >= 0.3 is 0 Å². The molecule has 1 N–H and O–H groups in total. The summed E-state index contributed by atoms with van der Waals surface area (Å²) in [5.74, 6) is 0.714. The van der Waals surface area contributed by atoms with Crippen molar-refractivity contribution in [1.29, 1.82) is 0 Å². The molecule has 2 aromatic carbocycles. The van der Waals surface area contributed by atoms with Crippen molar-refractivity contribution in [3.63, 3.8) is 0 Å². The predicted octanol–water partition coefficient (Wildman–Crippen LogP) is 4.76. The quantitative estimate of drug-likeness (QED) is 0.571. The van der Waals surface area contributed by atoms with E-state index in [4.69, 9.17) is 4.74 Å². The van der Waals surface area contributed by atoms with Gasteiger partial charge in [-0.3, -0.25) is 9.59 Å². The van der Waals surface area contributed by atoms with E-state index in [-0.39, 0.29) is 18.4 Å². The van der Waals surface area contributed by atoms with Gasteiger partial charge in [0.25, 0.3) is 5.91 Å². The third-order valence-corrected chi connectivity index (χ3v) is 4.63. The van der Waals surface area contributed by atoms with Crippen molar-refractivity contribution in [1.82, 2.24) is 0 Å². The average Bonchev–Trinajstić information content (AvgIpc) is 2.69. The number of ether oxygens (including phenoxy) is 1. The molecule has 2 amide bonds. The van der Waals surface area contributed by atoms with E-state index in [9.17, 15) is 9.59 Å². The number of rotatable bonds is 6. The number of amides is 2. The molecule has 1 aliphatic heterocycles. The summed E-state index contributed by atoms with van der Waals surface area (Å²) in [6, 6.07) is 13.4. The van der Waals surface area contributed by atoms with Crippen molar-refractivity contribution in [3.8, 4) is 5.75 Å². The highest BCUT2D eigenvalue weighted by molar-refractivity contribution is 6.03. The molecule has 0 saturated heterocycles. The van der Waals surface area contributed by atoms with E-state index in [1.54, 1.807) is 29.2 Å². The highest BCUT2D eigenvalue weighted by atomic mass is 16.5. The molecular weight excluding hydrogens is 364 g/mol. The second-order valence-electron chi connectivity index (χ2n) is 7.55. The van der Waals surface area contributed by atoms with Crippen LogP contribution in [0.5, 0.6) is 5.75 Å². The lowest BCUT2D eigenvalue weighted by atomic mass is 10.0. The first-order chi connectivity index (χ1) is 13.8. The van der Waals surface area contributed by atoms with Crippen LogP contribution in [0, 0.1) is 0 Å². The summed E-state index contributed by atoms with van der Waals surface area (Å²) in [6.07, 6.45) is 3.27. The summed E-state index contributed by atoms with van der Waals surface area (Å²) in [5, 5.41) is 2.84. The van der Waals surface area contributed by atoms with Crippen molar-refractivity contribution in [3.05, 3.63) is 71.8 Å². The Morgan fingerprint density at radius 3 is 2.62 bits per heavy atom. The Hall–Kier alpha value is -3.34. The Morgan fingerprint density at radius 1 is 1.24 bits per heavy atom. The topological polar surface area (TPSA) is 58.6 Å². The summed E-state index contributed by atoms with van der Waals surface area (Å²) in [5.41, 5.74) is 4.32. The average molecular weight is 390 g/mol. The molecule has 0 fully saturated rings. The van der Waals surface area contributed by atoms with Gasteiger partial charge in [-0.05, 0) is 48.2 Å². The number of hydrogen-bond donors (Lipinski definition) is 1. The molecule has 0 aromatic heterocycles. The van der Waals surface area contributed by atoms with Crippen LogP contribution in [0.1, 0.15) is 37.8 Å². The van der Waals surface area contributed by atoms with E-state index in [1.165, 1.54) is 11.6 Å². The van der Waals surface area contributed by atoms with Crippen LogP contribution in [0.15, 0.2) is 60.7 Å². The third kappa shape index (κ3) is 5.13. The van der Waals surface area contributed by atoms with Crippen molar-refractivity contribution in [2.45, 2.75) is 26.7 Å². The minimum Gasteiger partial charge on any atom is -0.482 e. The molecule has 29 heavy (non-hydrogen) atoms. The monoisotopic (exact) mass is 390 g/mol. The molecule has 0 radical (unpaired) electrons. The van der Waals surface area contributed by atoms with E-state index in [0.717, 1.165) is 11.1 Å². The van der Waals surface area contributed by atoms with Gasteiger partial charge in [0, 0.05) is 18.3 Å². The Kier molecular flexibility index (Phi) is 6.17. The fraction of sp³-hybridized carbons (Fsp3) is 0.250. The van der Waals surface area contributed by atoms with E-state index in [0.29, 0.717) is 29.6 Å². The van der Waals surface area contributed by atoms with Crippen LogP contribution in [-0.4, -0.2) is 25.0 Å². The third-order valence-electron chi connectivity index (χ3n) is 4.63. The molecule has 0 saturated carbocycles. The largest absolute Gasteiger partial charge is 0.482 e. The van der Waals surface area contributed by atoms with Gasteiger partial charge < -0.3 is 15.0 Å². The van der Waals surface area contributed by atoms with E-state index in [1.807, 2.05) is 19.1 Å². The predicted molar refractivity (Wildman–Crippen MR) is 117 cm³/mol. The molecule has 5 nitrogen and oxygen atoms in total. The summed E-state index contributed by atoms with van der Waals surface area (Å²) in [7, 11) is 0. The summed E-state index contributed by atoms with van der Waals surface area (Å²) >= 11 is 0. The van der Waals surface area contributed by atoms with Crippen LogP contribution >= 0.6 is 0 Å². The maximum Gasteiger partial charge on any atom is 0.265 e. The molecule has 0 unspecified atom stereocenters. The van der Waals surface area contributed by atoms with Crippen molar-refractivity contribution in [2.24, 2.45) is 0 Å². The number of carbonyl (C=O) groups excluding carboxylic acids is 2. The fourth-order valence-corrected chi connectivity index (χ4v) is 3.07. The Bertz CT molecular complexity index is 959. The summed E-state index contributed by atoms with van der Waals surface area (Å²) in [4.78, 5) is 26.2. The molecule has 0 bridgehead atoms. The maximum atomic E-state index is 12.3. The Morgan fingerprint density at radius 2 is 1.97 bits per heavy atom. The minimum absolute atomic E-state index is 0.00429.